The van der Waals surface area contributed by atoms with Crippen LogP contribution in [0.5, 0.6) is 0 Å². The molecule has 0 aliphatic carbocycles. The van der Waals surface area contributed by atoms with Crippen molar-refractivity contribution in [2.45, 2.75) is 0 Å². The standard InChI is InChI=1S/C7H6FIO/c1-2-10-7-5-9-4-3-6(7)8/h2-5H,1H2. The molecule has 1 rings (SSSR count). The van der Waals surface area contributed by atoms with Gasteiger partial charge in [0.25, 0.3) is 0 Å². The van der Waals surface area contributed by atoms with E-state index in [2.05, 4.69) is 6.58 Å². The summed E-state index contributed by atoms with van der Waals surface area (Å²) >= 11 is -0.141. The molecule has 0 amide bonds. The Hall–Kier alpha value is -0.450. The molecule has 0 unspecified atom stereocenters. The third kappa shape index (κ3) is 1.76. The molecule has 1 aliphatic rings. The molecule has 0 aromatic carbocycles. The molecule has 0 aromatic heterocycles. The van der Waals surface area contributed by atoms with Crippen LogP contribution in [0.15, 0.2) is 34.6 Å². The second-order valence-corrected chi connectivity index (χ2v) is 3.59. The fraction of sp³-hybridized carbons (Fsp3) is 0. The van der Waals surface area contributed by atoms with Crippen molar-refractivity contribution in [2.75, 3.05) is 0 Å². The molecule has 1 aliphatic heterocycles. The molecule has 0 fully saturated rings. The minimum atomic E-state index is -0.314. The number of halogens is 2. The van der Waals surface area contributed by atoms with Crippen LogP contribution < -0.4 is 0 Å². The van der Waals surface area contributed by atoms with Crippen LogP contribution in [0.3, 0.4) is 0 Å². The van der Waals surface area contributed by atoms with Crippen molar-refractivity contribution >= 4 is 24.7 Å². The first-order chi connectivity index (χ1) is 4.84. The fourth-order valence-electron chi connectivity index (χ4n) is 0.491. The number of hydrogen-bond donors (Lipinski definition) is 0. The average Bonchev–Trinajstić information content (AvgIpc) is 1.94. The molecular formula is C7H6FIO. The average molecular weight is 252 g/mol. The summed E-state index contributed by atoms with van der Waals surface area (Å²) in [5, 5.41) is 0. The molecule has 0 bridgehead atoms. The van der Waals surface area contributed by atoms with E-state index in [-0.39, 0.29) is 26.6 Å². The van der Waals surface area contributed by atoms with Crippen molar-refractivity contribution < 1.29 is 9.13 Å². The maximum Gasteiger partial charge on any atom is 0.167 e. The van der Waals surface area contributed by atoms with Gasteiger partial charge in [0, 0.05) is 4.01 Å². The van der Waals surface area contributed by atoms with Crippen molar-refractivity contribution in [3.05, 3.63) is 34.6 Å². The van der Waals surface area contributed by atoms with E-state index in [1.807, 2.05) is 4.08 Å². The zero-order valence-corrected chi connectivity index (χ0v) is 7.34. The van der Waals surface area contributed by atoms with Gasteiger partial charge in [0.2, 0.25) is 0 Å². The minimum Gasteiger partial charge on any atom is -0.462 e. The molecule has 0 saturated carbocycles. The van der Waals surface area contributed by atoms with E-state index in [4.69, 9.17) is 4.74 Å². The summed E-state index contributed by atoms with van der Waals surface area (Å²) < 4.78 is 21.0. The molecule has 1 heterocycles. The normalized spacial score (nSPS) is 16.5. The first-order valence-electron chi connectivity index (χ1n) is 2.63. The SMILES string of the molecule is C=COC1=C(F)C=CI=C1. The van der Waals surface area contributed by atoms with Gasteiger partial charge in [-0.2, -0.15) is 0 Å². The lowest BCUT2D eigenvalue weighted by molar-refractivity contribution is 0.365. The van der Waals surface area contributed by atoms with E-state index in [9.17, 15) is 4.39 Å². The molecule has 0 saturated heterocycles. The van der Waals surface area contributed by atoms with E-state index < -0.39 is 0 Å². The smallest absolute Gasteiger partial charge is 0.167 e. The van der Waals surface area contributed by atoms with Gasteiger partial charge in [0.05, 0.1) is 6.26 Å². The molecule has 54 valence electrons. The number of hydrogen-bond acceptors (Lipinski definition) is 1. The summed E-state index contributed by atoms with van der Waals surface area (Å²) in [6.45, 7) is 3.33. The minimum absolute atomic E-state index is 0.141. The van der Waals surface area contributed by atoms with E-state index in [1.54, 1.807) is 4.01 Å². The Morgan fingerprint density at radius 1 is 1.70 bits per heavy atom. The van der Waals surface area contributed by atoms with Crippen LogP contribution in [0.2, 0.25) is 0 Å². The van der Waals surface area contributed by atoms with E-state index in [1.165, 1.54) is 12.3 Å². The van der Waals surface area contributed by atoms with Gasteiger partial charge in [0.15, 0.2) is 11.6 Å². The van der Waals surface area contributed by atoms with Gasteiger partial charge in [-0.1, -0.05) is 27.3 Å². The van der Waals surface area contributed by atoms with Gasteiger partial charge in [-0.15, -0.1) is 0 Å². The Labute approximate surface area is 68.6 Å². The first kappa shape index (κ1) is 7.65. The van der Waals surface area contributed by atoms with Crippen LogP contribution in [0.1, 0.15) is 0 Å². The number of ether oxygens (including phenoxy) is 1. The summed E-state index contributed by atoms with van der Waals surface area (Å²) in [6, 6.07) is 0. The third-order valence-electron chi connectivity index (χ3n) is 0.890. The van der Waals surface area contributed by atoms with Crippen molar-refractivity contribution in [3.63, 3.8) is 0 Å². The molecular weight excluding hydrogens is 246 g/mol. The molecule has 0 N–H and O–H groups in total. The Morgan fingerprint density at radius 3 is 3.10 bits per heavy atom. The monoisotopic (exact) mass is 252 g/mol. The topological polar surface area (TPSA) is 9.23 Å². The van der Waals surface area contributed by atoms with Crippen LogP contribution in [0.4, 0.5) is 4.39 Å². The summed E-state index contributed by atoms with van der Waals surface area (Å²) in [5.41, 5.74) is 0. The highest BCUT2D eigenvalue weighted by Gasteiger charge is 2.02. The quantitative estimate of drug-likeness (QED) is 0.542. The van der Waals surface area contributed by atoms with Gasteiger partial charge < -0.3 is 4.74 Å². The molecule has 0 spiro atoms. The highest BCUT2D eigenvalue weighted by Crippen LogP contribution is 2.17. The first-order valence-corrected chi connectivity index (χ1v) is 5.13. The lowest BCUT2D eigenvalue weighted by atomic mass is 10.4. The van der Waals surface area contributed by atoms with Crippen LogP contribution in [-0.2, 0) is 4.74 Å². The zero-order chi connectivity index (χ0) is 7.40. The highest BCUT2D eigenvalue weighted by atomic mass is 127. The highest BCUT2D eigenvalue weighted by molar-refractivity contribution is 14.2. The van der Waals surface area contributed by atoms with E-state index >= 15 is 0 Å². The largest absolute Gasteiger partial charge is 0.462 e. The van der Waals surface area contributed by atoms with Gasteiger partial charge in [-0.3, -0.25) is 0 Å². The third-order valence-corrected chi connectivity index (χ3v) is 2.59. The zero-order valence-electron chi connectivity index (χ0n) is 5.18. The van der Waals surface area contributed by atoms with Crippen molar-refractivity contribution in [2.24, 2.45) is 0 Å². The van der Waals surface area contributed by atoms with Gasteiger partial charge in [-0.25, -0.2) is 4.39 Å². The summed E-state index contributed by atoms with van der Waals surface area (Å²) in [7, 11) is 0. The molecule has 0 atom stereocenters. The second kappa shape index (κ2) is 3.65. The molecule has 0 aromatic rings. The molecule has 10 heavy (non-hydrogen) atoms. The van der Waals surface area contributed by atoms with Crippen molar-refractivity contribution in [3.8, 4) is 0 Å². The maximum atomic E-state index is 12.6. The van der Waals surface area contributed by atoms with E-state index in [0.717, 1.165) is 0 Å². The summed E-state index contributed by atoms with van der Waals surface area (Å²) in [5.74, 6) is -0.00356. The van der Waals surface area contributed by atoms with Gasteiger partial charge in [0.1, 0.15) is 0 Å². The van der Waals surface area contributed by atoms with Gasteiger partial charge in [-0.05, 0) is 10.2 Å². The lowest BCUT2D eigenvalue weighted by Crippen LogP contribution is -1.89. The Balaban J connectivity index is 2.81. The summed E-state index contributed by atoms with van der Waals surface area (Å²) in [6.07, 6.45) is 2.67. The van der Waals surface area contributed by atoms with Crippen LogP contribution in [0, 0.1) is 0 Å². The molecule has 0 radical (unpaired) electrons. The summed E-state index contributed by atoms with van der Waals surface area (Å²) in [4.78, 5) is 0. The molecule has 3 heteroatoms. The fourth-order valence-corrected chi connectivity index (χ4v) is 1.99. The molecule has 1 nitrogen and oxygen atoms in total. The van der Waals surface area contributed by atoms with Crippen molar-refractivity contribution in [1.29, 1.82) is 0 Å². The predicted octanol–water partition coefficient (Wildman–Crippen LogP) is 2.63. The Kier molecular flexibility index (Phi) is 2.80. The maximum absolute atomic E-state index is 12.6. The predicted molar refractivity (Wildman–Crippen MR) is 48.6 cm³/mol. The Morgan fingerprint density at radius 2 is 2.50 bits per heavy atom. The Bertz CT molecular complexity index is 228. The van der Waals surface area contributed by atoms with E-state index in [0.29, 0.717) is 5.76 Å². The van der Waals surface area contributed by atoms with Crippen LogP contribution in [-0.4, -0.2) is 4.01 Å². The number of allylic oxidation sites excluding steroid dienone is 3. The van der Waals surface area contributed by atoms with Gasteiger partial charge >= 0.3 is 0 Å². The lowest BCUT2D eigenvalue weighted by Gasteiger charge is -2.01. The van der Waals surface area contributed by atoms with Crippen LogP contribution in [0.25, 0.3) is 0 Å². The second-order valence-electron chi connectivity index (χ2n) is 1.52. The van der Waals surface area contributed by atoms with Crippen molar-refractivity contribution in [1.82, 2.24) is 0 Å². The van der Waals surface area contributed by atoms with Crippen LogP contribution >= 0.6 is 20.7 Å². The number of rotatable bonds is 2.